The Bertz CT molecular complexity index is 811. The molecule has 0 aliphatic rings. The molecule has 0 aromatic heterocycles. The number of anilines is 2. The van der Waals surface area contributed by atoms with Gasteiger partial charge < -0.3 is 16.0 Å². The number of nitrogens with two attached hydrogens (primary N) is 1. The van der Waals surface area contributed by atoms with Gasteiger partial charge in [-0.1, -0.05) is 52.0 Å². The van der Waals surface area contributed by atoms with Gasteiger partial charge in [-0.05, 0) is 42.7 Å². The molecule has 5 heteroatoms. The second-order valence-corrected chi connectivity index (χ2v) is 8.32. The molecule has 0 fully saturated rings. The highest BCUT2D eigenvalue weighted by Gasteiger charge is 2.26. The number of nitrogens with one attached hydrogen (secondary N) is 2. The second kappa shape index (κ2) is 10.2. The average molecular weight is 397 g/mol. The third-order valence-corrected chi connectivity index (χ3v) is 5.09. The largest absolute Gasteiger partial charge is 0.330 e. The van der Waals surface area contributed by atoms with Crippen molar-refractivity contribution in [3.63, 3.8) is 0 Å². The number of amides is 2. The Kier molecular flexibility index (Phi) is 7.97. The van der Waals surface area contributed by atoms with Crippen LogP contribution in [0.5, 0.6) is 0 Å². The fourth-order valence-corrected chi connectivity index (χ4v) is 3.32. The fraction of sp³-hybridized carbons (Fsp3) is 0.417. The van der Waals surface area contributed by atoms with Gasteiger partial charge in [0.2, 0.25) is 5.91 Å². The van der Waals surface area contributed by atoms with Crippen LogP contribution in [0.3, 0.4) is 0 Å². The molecule has 4 N–H and O–H groups in total. The Morgan fingerprint density at radius 2 is 1.24 bits per heavy atom. The maximum atomic E-state index is 12.7. The van der Waals surface area contributed by atoms with Gasteiger partial charge in [0.1, 0.15) is 6.04 Å². The van der Waals surface area contributed by atoms with Crippen molar-refractivity contribution in [1.29, 1.82) is 0 Å². The third kappa shape index (κ3) is 6.71. The van der Waals surface area contributed by atoms with Crippen LogP contribution >= 0.6 is 0 Å². The second-order valence-electron chi connectivity index (χ2n) is 8.32. The van der Waals surface area contributed by atoms with Crippen LogP contribution in [-0.4, -0.2) is 17.9 Å². The summed E-state index contributed by atoms with van der Waals surface area (Å²) in [5.41, 5.74) is 3.99. The fourth-order valence-electron chi connectivity index (χ4n) is 3.32. The number of quaternary nitrogens is 1. The molecular weight excluding hydrogens is 362 g/mol. The van der Waals surface area contributed by atoms with E-state index in [2.05, 4.69) is 67.9 Å². The van der Waals surface area contributed by atoms with Crippen LogP contribution in [0, 0.1) is 5.92 Å². The Hall–Kier alpha value is -2.66. The lowest BCUT2D eigenvalue weighted by Gasteiger charge is -2.23. The lowest BCUT2D eigenvalue weighted by Crippen LogP contribution is -2.93. The first-order valence-corrected chi connectivity index (χ1v) is 10.3. The van der Waals surface area contributed by atoms with Crippen LogP contribution < -0.4 is 16.0 Å². The Balaban J connectivity index is 2.02. The van der Waals surface area contributed by atoms with E-state index in [0.717, 1.165) is 0 Å². The molecule has 0 heterocycles. The van der Waals surface area contributed by atoms with E-state index in [-0.39, 0.29) is 23.9 Å². The molecule has 0 aliphatic carbocycles. The van der Waals surface area contributed by atoms with Crippen molar-refractivity contribution < 1.29 is 14.9 Å². The van der Waals surface area contributed by atoms with Gasteiger partial charge in [-0.2, -0.15) is 0 Å². The molecule has 0 bridgehead atoms. The molecule has 2 atom stereocenters. The van der Waals surface area contributed by atoms with E-state index < -0.39 is 0 Å². The Morgan fingerprint density at radius 3 is 1.69 bits per heavy atom. The molecule has 2 aromatic carbocycles. The molecule has 156 valence electrons. The molecule has 0 saturated carbocycles. The number of hydrogen-bond donors (Lipinski definition) is 3. The number of rotatable bonds is 8. The van der Waals surface area contributed by atoms with Gasteiger partial charge in [0, 0.05) is 29.8 Å². The minimum Gasteiger partial charge on any atom is -0.330 e. The number of hydrogen-bond acceptors (Lipinski definition) is 2. The summed E-state index contributed by atoms with van der Waals surface area (Å²) in [5, 5.41) is 7.81. The standard InChI is InChI=1S/C24H33N3O2/c1-15(2)19-7-9-20(10-8-19)23(16(3)4)25-17(5)24(29)27-22-13-11-21(12-14-22)26-18(6)28/h7-17,23,25H,1-6H3,(H,26,28)(H,27,29)/p+1/t17-,23-/m1/s1. The SMILES string of the molecule is CC(=O)Nc1ccc(NC(=O)[C@@H](C)[NH2+][C@@H](c2ccc(C(C)C)cc2)C(C)C)cc1. The van der Waals surface area contributed by atoms with E-state index >= 15 is 0 Å². The monoisotopic (exact) mass is 396 g/mol. The van der Waals surface area contributed by atoms with Gasteiger partial charge in [0.15, 0.2) is 6.04 Å². The third-order valence-electron chi connectivity index (χ3n) is 5.09. The van der Waals surface area contributed by atoms with Crippen LogP contribution in [0.4, 0.5) is 11.4 Å². The molecule has 0 saturated heterocycles. The van der Waals surface area contributed by atoms with Crippen molar-refractivity contribution in [3.8, 4) is 0 Å². The van der Waals surface area contributed by atoms with Crippen molar-refractivity contribution in [2.75, 3.05) is 10.6 Å². The highest BCUT2D eigenvalue weighted by atomic mass is 16.2. The van der Waals surface area contributed by atoms with Gasteiger partial charge in [-0.3, -0.25) is 9.59 Å². The molecule has 2 aromatic rings. The first kappa shape index (κ1) is 22.6. The maximum absolute atomic E-state index is 12.7. The summed E-state index contributed by atoms with van der Waals surface area (Å²) >= 11 is 0. The number of carbonyl (C=O) groups is 2. The summed E-state index contributed by atoms with van der Waals surface area (Å²) < 4.78 is 0. The van der Waals surface area contributed by atoms with Gasteiger partial charge in [0.25, 0.3) is 5.91 Å². The van der Waals surface area contributed by atoms with Crippen LogP contribution in [-0.2, 0) is 9.59 Å². The highest BCUT2D eigenvalue weighted by molar-refractivity contribution is 5.94. The van der Waals surface area contributed by atoms with Crippen molar-refractivity contribution in [2.45, 2.75) is 59.5 Å². The molecular formula is C24H34N3O2+. The van der Waals surface area contributed by atoms with Crippen molar-refractivity contribution >= 4 is 23.2 Å². The summed E-state index contributed by atoms with van der Waals surface area (Å²) in [4.78, 5) is 23.8. The predicted octanol–water partition coefficient (Wildman–Crippen LogP) is 4.06. The van der Waals surface area contributed by atoms with Crippen LogP contribution in [0.1, 0.15) is 64.6 Å². The van der Waals surface area contributed by atoms with Gasteiger partial charge in [-0.15, -0.1) is 0 Å². The van der Waals surface area contributed by atoms with E-state index in [9.17, 15) is 9.59 Å². The van der Waals surface area contributed by atoms with Gasteiger partial charge in [0.05, 0.1) is 0 Å². The van der Waals surface area contributed by atoms with Gasteiger partial charge in [-0.25, -0.2) is 0 Å². The normalized spacial score (nSPS) is 13.2. The Labute approximate surface area is 174 Å². The quantitative estimate of drug-likeness (QED) is 0.629. The molecule has 0 unspecified atom stereocenters. The number of benzene rings is 2. The maximum Gasteiger partial charge on any atom is 0.282 e. The summed E-state index contributed by atoms with van der Waals surface area (Å²) in [6.45, 7) is 12.1. The Morgan fingerprint density at radius 1 is 0.759 bits per heavy atom. The molecule has 0 spiro atoms. The van der Waals surface area contributed by atoms with E-state index in [1.807, 2.05) is 6.92 Å². The molecule has 2 amide bonds. The molecule has 5 nitrogen and oxygen atoms in total. The van der Waals surface area contributed by atoms with E-state index in [0.29, 0.717) is 23.2 Å². The van der Waals surface area contributed by atoms with Crippen LogP contribution in [0.2, 0.25) is 0 Å². The zero-order valence-electron chi connectivity index (χ0n) is 18.3. The van der Waals surface area contributed by atoms with Gasteiger partial charge >= 0.3 is 0 Å². The molecule has 29 heavy (non-hydrogen) atoms. The lowest BCUT2D eigenvalue weighted by atomic mass is 9.93. The zero-order chi connectivity index (χ0) is 21.6. The zero-order valence-corrected chi connectivity index (χ0v) is 18.3. The number of carbonyl (C=O) groups excluding carboxylic acids is 2. The van der Waals surface area contributed by atoms with Crippen molar-refractivity contribution in [3.05, 3.63) is 59.7 Å². The molecule has 0 aliphatic heterocycles. The molecule has 0 radical (unpaired) electrons. The minimum absolute atomic E-state index is 0.0401. The topological polar surface area (TPSA) is 74.8 Å². The first-order valence-electron chi connectivity index (χ1n) is 10.3. The summed E-state index contributed by atoms with van der Waals surface area (Å²) in [6, 6.07) is 15.8. The van der Waals surface area contributed by atoms with Crippen molar-refractivity contribution in [2.24, 2.45) is 5.92 Å². The van der Waals surface area contributed by atoms with Crippen molar-refractivity contribution in [1.82, 2.24) is 0 Å². The highest BCUT2D eigenvalue weighted by Crippen LogP contribution is 2.21. The summed E-state index contributed by atoms with van der Waals surface area (Å²) in [5.74, 6) is 0.743. The van der Waals surface area contributed by atoms with E-state index in [4.69, 9.17) is 0 Å². The summed E-state index contributed by atoms with van der Waals surface area (Å²) in [7, 11) is 0. The summed E-state index contributed by atoms with van der Waals surface area (Å²) in [6.07, 6.45) is 0. The van der Waals surface area contributed by atoms with E-state index in [1.165, 1.54) is 18.1 Å². The lowest BCUT2D eigenvalue weighted by molar-refractivity contribution is -0.718. The first-order chi connectivity index (χ1) is 13.7. The average Bonchev–Trinajstić information content (AvgIpc) is 2.66. The smallest absolute Gasteiger partial charge is 0.282 e. The minimum atomic E-state index is -0.234. The molecule has 2 rings (SSSR count). The van der Waals surface area contributed by atoms with E-state index in [1.54, 1.807) is 24.3 Å². The van der Waals surface area contributed by atoms with Crippen LogP contribution in [0.15, 0.2) is 48.5 Å². The predicted molar refractivity (Wildman–Crippen MR) is 119 cm³/mol. The van der Waals surface area contributed by atoms with Crippen LogP contribution in [0.25, 0.3) is 0 Å².